The molecule has 0 heterocycles. The summed E-state index contributed by atoms with van der Waals surface area (Å²) in [7, 11) is 0. The van der Waals surface area contributed by atoms with Crippen molar-refractivity contribution in [3.63, 3.8) is 0 Å². The molecule has 3 nitrogen and oxygen atoms in total. The van der Waals surface area contributed by atoms with Crippen molar-refractivity contribution < 1.29 is 18.7 Å². The second kappa shape index (κ2) is 6.30. The van der Waals surface area contributed by atoms with Gasteiger partial charge in [0.05, 0.1) is 0 Å². The van der Waals surface area contributed by atoms with Gasteiger partial charge in [0.25, 0.3) is 0 Å². The largest absolute Gasteiger partial charge is 0.480 e. The lowest BCUT2D eigenvalue weighted by molar-refractivity contribution is -0.138. The Morgan fingerprint density at radius 2 is 2.06 bits per heavy atom. The zero-order chi connectivity index (χ0) is 12.8. The summed E-state index contributed by atoms with van der Waals surface area (Å²) in [6.45, 7) is 0. The van der Waals surface area contributed by atoms with Crippen molar-refractivity contribution in [1.29, 1.82) is 0 Å². The highest BCUT2D eigenvalue weighted by Gasteiger charge is 2.10. The van der Waals surface area contributed by atoms with E-state index < -0.39 is 23.6 Å². The predicted molar refractivity (Wildman–Crippen MR) is 59.5 cm³/mol. The van der Waals surface area contributed by atoms with Gasteiger partial charge in [-0.25, -0.2) is 8.78 Å². The number of halogens is 2. The van der Waals surface area contributed by atoms with Crippen molar-refractivity contribution >= 4 is 5.97 Å². The Bertz CT molecular complexity index is 396. The van der Waals surface area contributed by atoms with E-state index in [1.54, 1.807) is 0 Å². The van der Waals surface area contributed by atoms with Crippen LogP contribution in [0, 0.1) is 11.6 Å². The molecule has 0 fully saturated rings. The highest BCUT2D eigenvalue weighted by molar-refractivity contribution is 5.72. The van der Waals surface area contributed by atoms with Gasteiger partial charge in [-0.05, 0) is 43.0 Å². The number of carboxylic acid groups (broad SMARTS) is 1. The lowest BCUT2D eigenvalue weighted by atomic mass is 10.0. The molecule has 0 saturated heterocycles. The highest BCUT2D eigenvalue weighted by Crippen LogP contribution is 2.13. The summed E-state index contributed by atoms with van der Waals surface area (Å²) in [5.41, 5.74) is 5.63. The zero-order valence-corrected chi connectivity index (χ0v) is 9.33. The Morgan fingerprint density at radius 3 is 2.71 bits per heavy atom. The Morgan fingerprint density at radius 1 is 1.35 bits per heavy atom. The molecule has 1 aromatic rings. The van der Waals surface area contributed by atoms with Gasteiger partial charge >= 0.3 is 5.97 Å². The molecule has 17 heavy (non-hydrogen) atoms. The number of unbranched alkanes of at least 4 members (excludes halogenated alkanes) is 1. The van der Waals surface area contributed by atoms with Gasteiger partial charge in [0.2, 0.25) is 0 Å². The molecular weight excluding hydrogens is 228 g/mol. The second-order valence-corrected chi connectivity index (χ2v) is 3.93. The van der Waals surface area contributed by atoms with Crippen molar-refractivity contribution in [1.82, 2.24) is 0 Å². The van der Waals surface area contributed by atoms with Crippen molar-refractivity contribution in [2.75, 3.05) is 0 Å². The number of aryl methyl sites for hydroxylation is 1. The molecule has 1 atom stereocenters. The van der Waals surface area contributed by atoms with Gasteiger partial charge < -0.3 is 10.8 Å². The number of rotatable bonds is 6. The Balaban J connectivity index is 2.36. The van der Waals surface area contributed by atoms with Gasteiger partial charge in [-0.15, -0.1) is 0 Å². The SMILES string of the molecule is NC(CCCCc1cc(F)ccc1F)C(=O)O. The van der Waals surface area contributed by atoms with Crippen LogP contribution in [0.25, 0.3) is 0 Å². The molecule has 1 aromatic carbocycles. The van der Waals surface area contributed by atoms with Gasteiger partial charge in [0.1, 0.15) is 17.7 Å². The molecule has 0 aliphatic carbocycles. The normalized spacial score (nSPS) is 12.4. The van der Waals surface area contributed by atoms with Gasteiger partial charge in [0, 0.05) is 0 Å². The van der Waals surface area contributed by atoms with E-state index in [0.29, 0.717) is 31.2 Å². The van der Waals surface area contributed by atoms with Crippen molar-refractivity contribution in [2.24, 2.45) is 5.73 Å². The zero-order valence-electron chi connectivity index (χ0n) is 9.33. The molecule has 0 aliphatic rings. The number of carboxylic acids is 1. The van der Waals surface area contributed by atoms with Crippen molar-refractivity contribution in [3.05, 3.63) is 35.4 Å². The third-order valence-electron chi connectivity index (χ3n) is 2.54. The van der Waals surface area contributed by atoms with Crippen LogP contribution in [-0.4, -0.2) is 17.1 Å². The fourth-order valence-corrected chi connectivity index (χ4v) is 1.54. The minimum absolute atomic E-state index is 0.314. The molecular formula is C12H15F2NO2. The maximum absolute atomic E-state index is 13.2. The van der Waals surface area contributed by atoms with E-state index in [1.807, 2.05) is 0 Å². The molecule has 3 N–H and O–H groups in total. The van der Waals surface area contributed by atoms with E-state index in [4.69, 9.17) is 10.8 Å². The molecule has 5 heteroatoms. The van der Waals surface area contributed by atoms with E-state index in [1.165, 1.54) is 0 Å². The molecule has 94 valence electrons. The lowest BCUT2D eigenvalue weighted by Crippen LogP contribution is -2.29. The van der Waals surface area contributed by atoms with Crippen LogP contribution in [-0.2, 0) is 11.2 Å². The summed E-state index contributed by atoms with van der Waals surface area (Å²) in [6.07, 6.45) is 1.88. The first kappa shape index (κ1) is 13.6. The molecule has 0 saturated carbocycles. The van der Waals surface area contributed by atoms with Gasteiger partial charge in [-0.3, -0.25) is 4.79 Å². The number of carbonyl (C=O) groups is 1. The molecule has 0 radical (unpaired) electrons. The second-order valence-electron chi connectivity index (χ2n) is 3.93. The van der Waals surface area contributed by atoms with Gasteiger partial charge in [-0.2, -0.15) is 0 Å². The van der Waals surface area contributed by atoms with Crippen LogP contribution in [0.3, 0.4) is 0 Å². The average molecular weight is 243 g/mol. The number of aliphatic carboxylic acids is 1. The van der Waals surface area contributed by atoms with E-state index in [0.717, 1.165) is 18.2 Å². The van der Waals surface area contributed by atoms with Crippen LogP contribution in [0.15, 0.2) is 18.2 Å². The fraction of sp³-hybridized carbons (Fsp3) is 0.417. The first-order valence-corrected chi connectivity index (χ1v) is 5.43. The van der Waals surface area contributed by atoms with Crippen LogP contribution in [0.4, 0.5) is 8.78 Å². The monoisotopic (exact) mass is 243 g/mol. The maximum Gasteiger partial charge on any atom is 0.320 e. The number of benzene rings is 1. The standard InChI is InChI=1S/C12H15F2NO2/c13-9-5-6-10(14)8(7-9)3-1-2-4-11(15)12(16)17/h5-7,11H,1-4,15H2,(H,16,17). The van der Waals surface area contributed by atoms with E-state index >= 15 is 0 Å². The Kier molecular flexibility index (Phi) is 5.03. The highest BCUT2D eigenvalue weighted by atomic mass is 19.1. The maximum atomic E-state index is 13.2. The number of nitrogens with two attached hydrogens (primary N) is 1. The van der Waals surface area contributed by atoms with Gasteiger partial charge in [0.15, 0.2) is 0 Å². The van der Waals surface area contributed by atoms with Crippen LogP contribution in [0.5, 0.6) is 0 Å². The number of hydrogen-bond acceptors (Lipinski definition) is 2. The lowest BCUT2D eigenvalue weighted by Gasteiger charge is -2.06. The molecule has 0 bridgehead atoms. The van der Waals surface area contributed by atoms with E-state index in [-0.39, 0.29) is 0 Å². The molecule has 0 spiro atoms. The fourth-order valence-electron chi connectivity index (χ4n) is 1.54. The van der Waals surface area contributed by atoms with E-state index in [2.05, 4.69) is 0 Å². The summed E-state index contributed by atoms with van der Waals surface area (Å²) in [6, 6.07) is 2.44. The first-order chi connectivity index (χ1) is 8.00. The molecule has 0 aliphatic heterocycles. The first-order valence-electron chi connectivity index (χ1n) is 5.43. The summed E-state index contributed by atoms with van der Waals surface area (Å²) >= 11 is 0. The Hall–Kier alpha value is -1.49. The van der Waals surface area contributed by atoms with E-state index in [9.17, 15) is 13.6 Å². The van der Waals surface area contributed by atoms with Crippen LogP contribution < -0.4 is 5.73 Å². The predicted octanol–water partition coefficient (Wildman–Crippen LogP) is 2.09. The van der Waals surface area contributed by atoms with Crippen molar-refractivity contribution in [2.45, 2.75) is 31.7 Å². The molecule has 0 amide bonds. The Labute approximate surface area is 98.2 Å². The minimum atomic E-state index is -1.04. The quantitative estimate of drug-likeness (QED) is 0.752. The van der Waals surface area contributed by atoms with Gasteiger partial charge in [-0.1, -0.05) is 6.42 Å². The minimum Gasteiger partial charge on any atom is -0.480 e. The van der Waals surface area contributed by atoms with Crippen LogP contribution in [0.2, 0.25) is 0 Å². The van der Waals surface area contributed by atoms with Crippen molar-refractivity contribution in [3.8, 4) is 0 Å². The number of hydrogen-bond donors (Lipinski definition) is 2. The molecule has 1 unspecified atom stereocenters. The summed E-state index contributed by atoms with van der Waals surface area (Å²) in [4.78, 5) is 10.4. The summed E-state index contributed by atoms with van der Waals surface area (Å²) in [5, 5.41) is 8.54. The topological polar surface area (TPSA) is 63.3 Å². The summed E-state index contributed by atoms with van der Waals surface area (Å²) < 4.78 is 26.0. The summed E-state index contributed by atoms with van der Waals surface area (Å²) in [5.74, 6) is -1.94. The smallest absolute Gasteiger partial charge is 0.320 e. The van der Waals surface area contributed by atoms with Crippen LogP contribution in [0.1, 0.15) is 24.8 Å². The third-order valence-corrected chi connectivity index (χ3v) is 2.54. The molecule has 1 rings (SSSR count). The average Bonchev–Trinajstić information content (AvgIpc) is 2.28. The van der Waals surface area contributed by atoms with Crippen LogP contribution >= 0.6 is 0 Å². The third kappa shape index (κ3) is 4.48. The molecule has 0 aromatic heterocycles.